The molecule has 0 aromatic heterocycles. The molecule has 2 amide bonds. The zero-order valence-corrected chi connectivity index (χ0v) is 9.01. The van der Waals surface area contributed by atoms with Crippen molar-refractivity contribution in [2.24, 2.45) is 11.5 Å². The van der Waals surface area contributed by atoms with Crippen molar-refractivity contribution in [2.75, 3.05) is 0 Å². The summed E-state index contributed by atoms with van der Waals surface area (Å²) in [6.45, 7) is 1.20. The Kier molecular flexibility index (Phi) is 8.48. The monoisotopic (exact) mass is 255 g/mol. The third-order valence-electron chi connectivity index (χ3n) is 1.36. The van der Waals surface area contributed by atoms with E-state index in [0.29, 0.717) is 0 Å². The first-order valence-corrected chi connectivity index (χ1v) is 4.38. The summed E-state index contributed by atoms with van der Waals surface area (Å²) < 4.78 is 4.65. The number of primary amides is 2. The lowest BCUT2D eigenvalue weighted by molar-refractivity contribution is -0.255. The van der Waals surface area contributed by atoms with Crippen molar-refractivity contribution >= 4 is 18.0 Å². The maximum absolute atomic E-state index is 10.6. The lowest BCUT2D eigenvalue weighted by Gasteiger charge is -2.08. The molecule has 0 bridgehead atoms. The van der Waals surface area contributed by atoms with Crippen LogP contribution < -0.4 is 21.3 Å². The number of amides is 2. The van der Waals surface area contributed by atoms with Crippen molar-refractivity contribution in [2.45, 2.75) is 14.4 Å². The minimum absolute atomic E-state index is 0. The Balaban J connectivity index is 0. The van der Waals surface area contributed by atoms with Crippen LogP contribution in [0, 0.1) is 0 Å². The molecule has 4 N–H and O–H groups in total. The number of hydrogen-bond donors (Lipinski definition) is 2. The molecule has 0 unspecified atom stereocenters. The average molecular weight is 255 g/mol. The molecule has 0 heterocycles. The summed E-state index contributed by atoms with van der Waals surface area (Å²) in [5.74, 6) is -1.92. The van der Waals surface area contributed by atoms with Gasteiger partial charge in [-0.15, -0.1) is 0 Å². The second-order valence-electron chi connectivity index (χ2n) is 2.78. The van der Waals surface area contributed by atoms with Gasteiger partial charge in [-0.3, -0.25) is 4.79 Å². The fraction of sp³-hybridized carbons (Fsp3) is 0.182. The zero-order chi connectivity index (χ0) is 13.4. The number of esters is 1. The van der Waals surface area contributed by atoms with Gasteiger partial charge in [-0.2, -0.15) is 0 Å². The van der Waals surface area contributed by atoms with Crippen molar-refractivity contribution in [1.29, 1.82) is 0 Å². The van der Waals surface area contributed by atoms with E-state index in [1.54, 1.807) is 6.07 Å². The summed E-state index contributed by atoms with van der Waals surface area (Å²) in [4.78, 5) is 30.1. The van der Waals surface area contributed by atoms with E-state index in [2.05, 4.69) is 16.2 Å². The summed E-state index contributed by atoms with van der Waals surface area (Å²) in [6, 6.07) is 4.98. The van der Waals surface area contributed by atoms with E-state index in [1.165, 1.54) is 25.1 Å². The number of carboxylic acid groups (broad SMARTS) is 1. The fourth-order valence-electron chi connectivity index (χ4n) is 0.879. The van der Waals surface area contributed by atoms with E-state index >= 15 is 0 Å². The fourth-order valence-corrected chi connectivity index (χ4v) is 0.879. The molecule has 0 aliphatic rings. The number of urea groups is 1. The van der Waals surface area contributed by atoms with Gasteiger partial charge in [-0.05, 0) is 12.1 Å². The highest BCUT2D eigenvalue weighted by Crippen LogP contribution is 2.16. The molecule has 0 spiro atoms. The second-order valence-corrected chi connectivity index (χ2v) is 2.78. The van der Waals surface area contributed by atoms with Crippen LogP contribution >= 0.6 is 0 Å². The van der Waals surface area contributed by atoms with Crippen molar-refractivity contribution < 1.29 is 24.2 Å². The third-order valence-corrected chi connectivity index (χ3v) is 1.36. The van der Waals surface area contributed by atoms with Gasteiger partial charge in [0.25, 0.3) is 0 Å². The molecule has 1 aromatic carbocycles. The normalized spacial score (nSPS) is 8.06. The number of carboxylic acids is 1. The number of nitrogens with two attached hydrogens (primary N) is 2. The number of carbonyl (C=O) groups excluding carboxylic acids is 3. The lowest BCUT2D eigenvalue weighted by atomic mass is 10.2. The SMILES string of the molecule is C.CC(=O)Oc1ccccc1C(=O)[O-].NC(N)=O. The summed E-state index contributed by atoms with van der Waals surface area (Å²) >= 11 is 0. The summed E-state index contributed by atoms with van der Waals surface area (Å²) in [7, 11) is 0. The first-order valence-electron chi connectivity index (χ1n) is 4.38. The van der Waals surface area contributed by atoms with Crippen molar-refractivity contribution in [3.63, 3.8) is 0 Å². The Morgan fingerprint density at radius 3 is 2.00 bits per heavy atom. The molecule has 7 heteroatoms. The molecule has 0 saturated heterocycles. The van der Waals surface area contributed by atoms with E-state index in [0.717, 1.165) is 0 Å². The highest BCUT2D eigenvalue weighted by atomic mass is 16.5. The number of rotatable bonds is 2. The Bertz CT molecular complexity index is 427. The van der Waals surface area contributed by atoms with Crippen LogP contribution in [0.2, 0.25) is 0 Å². The van der Waals surface area contributed by atoms with E-state index in [1.807, 2.05) is 0 Å². The number of carbonyl (C=O) groups is 3. The van der Waals surface area contributed by atoms with Gasteiger partial charge >= 0.3 is 12.0 Å². The van der Waals surface area contributed by atoms with Gasteiger partial charge in [0.05, 0.1) is 5.97 Å². The molecule has 0 aliphatic heterocycles. The number of hydrogen-bond acceptors (Lipinski definition) is 5. The van der Waals surface area contributed by atoms with Gasteiger partial charge in [-0.25, -0.2) is 4.79 Å². The van der Waals surface area contributed by atoms with Crippen LogP contribution in [0.5, 0.6) is 5.75 Å². The number of aromatic carboxylic acids is 1. The highest BCUT2D eigenvalue weighted by Gasteiger charge is 2.04. The van der Waals surface area contributed by atoms with E-state index in [4.69, 9.17) is 4.79 Å². The maximum atomic E-state index is 10.6. The van der Waals surface area contributed by atoms with E-state index in [9.17, 15) is 14.7 Å². The molecule has 0 atom stereocenters. The smallest absolute Gasteiger partial charge is 0.309 e. The Labute approximate surface area is 104 Å². The summed E-state index contributed by atoms with van der Waals surface area (Å²) in [6.07, 6.45) is 0. The average Bonchev–Trinajstić information content (AvgIpc) is 2.16. The summed E-state index contributed by atoms with van der Waals surface area (Å²) in [5.41, 5.74) is 8.37. The van der Waals surface area contributed by atoms with Crippen LogP contribution in [-0.2, 0) is 4.79 Å². The number of para-hydroxylation sites is 1. The third kappa shape index (κ3) is 7.69. The predicted octanol–water partition coefficient (Wildman–Crippen LogP) is -0.365. The minimum Gasteiger partial charge on any atom is -0.545 e. The largest absolute Gasteiger partial charge is 0.545 e. The first kappa shape index (κ1) is 17.8. The Morgan fingerprint density at radius 2 is 1.61 bits per heavy atom. The van der Waals surface area contributed by atoms with Gasteiger partial charge in [0, 0.05) is 12.5 Å². The Morgan fingerprint density at radius 1 is 1.17 bits per heavy atom. The van der Waals surface area contributed by atoms with E-state index in [-0.39, 0.29) is 18.7 Å². The predicted molar refractivity (Wildman–Crippen MR) is 62.6 cm³/mol. The first-order chi connectivity index (χ1) is 7.84. The van der Waals surface area contributed by atoms with Crippen LogP contribution in [-0.4, -0.2) is 18.0 Å². The lowest BCUT2D eigenvalue weighted by Crippen LogP contribution is -2.23. The summed E-state index contributed by atoms with van der Waals surface area (Å²) in [5, 5.41) is 10.5. The highest BCUT2D eigenvalue weighted by molar-refractivity contribution is 5.90. The number of benzene rings is 1. The molecular formula is C11H15N2O5-. The van der Waals surface area contributed by atoms with Crippen molar-refractivity contribution in [3.8, 4) is 5.75 Å². The van der Waals surface area contributed by atoms with Gasteiger partial charge in [0.2, 0.25) is 0 Å². The quantitative estimate of drug-likeness (QED) is 0.549. The molecular weight excluding hydrogens is 240 g/mol. The molecule has 0 saturated carbocycles. The van der Waals surface area contributed by atoms with Crippen LogP contribution in [0.3, 0.4) is 0 Å². The molecule has 18 heavy (non-hydrogen) atoms. The molecule has 100 valence electrons. The second kappa shape index (κ2) is 8.57. The van der Waals surface area contributed by atoms with Crippen LogP contribution in [0.15, 0.2) is 24.3 Å². The molecule has 0 fully saturated rings. The van der Waals surface area contributed by atoms with Crippen LogP contribution in [0.4, 0.5) is 4.79 Å². The molecule has 1 rings (SSSR count). The standard InChI is InChI=1S/C9H8O4.CH4N2O.CH4/c1-6(10)13-8-5-3-2-4-7(8)9(11)12;2-1(3)4;/h2-5H,1H3,(H,11,12);(H4,2,3,4);1H4/p-1. The van der Waals surface area contributed by atoms with E-state index < -0.39 is 18.0 Å². The molecule has 7 nitrogen and oxygen atoms in total. The topological polar surface area (TPSA) is 136 Å². The van der Waals surface area contributed by atoms with Gasteiger partial charge in [-0.1, -0.05) is 19.6 Å². The Hall–Kier alpha value is -2.57. The number of ether oxygens (including phenoxy) is 1. The maximum Gasteiger partial charge on any atom is 0.309 e. The molecule has 0 radical (unpaired) electrons. The van der Waals surface area contributed by atoms with Crippen LogP contribution in [0.1, 0.15) is 24.7 Å². The van der Waals surface area contributed by atoms with Gasteiger partial charge in [0.15, 0.2) is 0 Å². The molecule has 1 aromatic rings. The van der Waals surface area contributed by atoms with Crippen molar-refractivity contribution in [1.82, 2.24) is 0 Å². The van der Waals surface area contributed by atoms with Crippen molar-refractivity contribution in [3.05, 3.63) is 29.8 Å². The van der Waals surface area contributed by atoms with Crippen LogP contribution in [0.25, 0.3) is 0 Å². The van der Waals surface area contributed by atoms with Gasteiger partial charge < -0.3 is 26.1 Å². The van der Waals surface area contributed by atoms with Gasteiger partial charge in [0.1, 0.15) is 5.75 Å². The zero-order valence-electron chi connectivity index (χ0n) is 9.01. The minimum atomic E-state index is -1.36. The molecule has 0 aliphatic carbocycles.